The third kappa shape index (κ3) is 4.32. The molecule has 1 aromatic carbocycles. The summed E-state index contributed by atoms with van der Waals surface area (Å²) < 4.78 is 0. The molecule has 0 aliphatic rings. The first-order chi connectivity index (χ1) is 9.89. The number of carbonyl (C=O) groups is 1. The fourth-order valence-electron chi connectivity index (χ4n) is 1.95. The summed E-state index contributed by atoms with van der Waals surface area (Å²) in [5, 5.41) is 14.0. The SMILES string of the molecule is CCC(CC)(CCl)CNC(=O)c1cc(Cl)ccc1[N+](=O)[O-]. The minimum atomic E-state index is -0.598. The highest BCUT2D eigenvalue weighted by molar-refractivity contribution is 6.31. The molecule has 0 saturated carbocycles. The molecule has 1 rings (SSSR count). The highest BCUT2D eigenvalue weighted by Crippen LogP contribution is 2.28. The summed E-state index contributed by atoms with van der Waals surface area (Å²) in [7, 11) is 0. The van der Waals surface area contributed by atoms with Crippen LogP contribution in [0.5, 0.6) is 0 Å². The Bertz CT molecular complexity index is 523. The first-order valence-corrected chi connectivity index (χ1v) is 7.58. The van der Waals surface area contributed by atoms with Crippen molar-refractivity contribution >= 4 is 34.8 Å². The second kappa shape index (κ2) is 7.61. The zero-order chi connectivity index (χ0) is 16.0. The summed E-state index contributed by atoms with van der Waals surface area (Å²) in [5.74, 6) is -0.0987. The molecule has 0 atom stereocenters. The van der Waals surface area contributed by atoms with Gasteiger partial charge in [0.05, 0.1) is 4.92 Å². The number of rotatable bonds is 7. The molecule has 21 heavy (non-hydrogen) atoms. The number of nitrogens with zero attached hydrogens (tertiary/aromatic N) is 1. The fourth-order valence-corrected chi connectivity index (χ4v) is 2.59. The summed E-state index contributed by atoms with van der Waals surface area (Å²) >= 11 is 11.8. The van der Waals surface area contributed by atoms with Crippen LogP contribution in [-0.4, -0.2) is 23.3 Å². The minimum absolute atomic E-state index is 0.0387. The number of hydrogen-bond acceptors (Lipinski definition) is 3. The van der Waals surface area contributed by atoms with Gasteiger partial charge in [0.15, 0.2) is 0 Å². The maximum atomic E-state index is 12.2. The Kier molecular flexibility index (Phi) is 6.42. The summed E-state index contributed by atoms with van der Waals surface area (Å²) in [5.41, 5.74) is -0.505. The number of nitrogens with one attached hydrogen (secondary N) is 1. The minimum Gasteiger partial charge on any atom is -0.351 e. The van der Waals surface area contributed by atoms with E-state index in [2.05, 4.69) is 5.32 Å². The van der Waals surface area contributed by atoms with Gasteiger partial charge in [0.2, 0.25) is 0 Å². The van der Waals surface area contributed by atoms with Crippen molar-refractivity contribution in [2.45, 2.75) is 26.7 Å². The van der Waals surface area contributed by atoms with Crippen molar-refractivity contribution in [1.82, 2.24) is 5.32 Å². The third-order valence-electron chi connectivity index (χ3n) is 3.81. The number of nitro benzene ring substituents is 1. The lowest BCUT2D eigenvalue weighted by molar-refractivity contribution is -0.385. The number of amides is 1. The van der Waals surface area contributed by atoms with Gasteiger partial charge in [-0.05, 0) is 25.0 Å². The number of nitro groups is 1. The van der Waals surface area contributed by atoms with E-state index in [9.17, 15) is 14.9 Å². The van der Waals surface area contributed by atoms with Gasteiger partial charge >= 0.3 is 0 Å². The van der Waals surface area contributed by atoms with Gasteiger partial charge in [-0.3, -0.25) is 14.9 Å². The highest BCUT2D eigenvalue weighted by atomic mass is 35.5. The Labute approximate surface area is 133 Å². The number of carbonyl (C=O) groups excluding carboxylic acids is 1. The highest BCUT2D eigenvalue weighted by Gasteiger charge is 2.27. The van der Waals surface area contributed by atoms with Gasteiger partial charge < -0.3 is 5.32 Å². The van der Waals surface area contributed by atoms with Crippen molar-refractivity contribution in [3.63, 3.8) is 0 Å². The monoisotopic (exact) mass is 332 g/mol. The standard InChI is InChI=1S/C14H18Cl2N2O3/c1-3-14(4-2,8-15)9-17-13(19)11-7-10(16)5-6-12(11)18(20)21/h5-7H,3-4,8-9H2,1-2H3,(H,17,19). The second-order valence-electron chi connectivity index (χ2n) is 4.94. The normalized spacial score (nSPS) is 11.2. The molecule has 0 bridgehead atoms. The summed E-state index contributed by atoms with van der Waals surface area (Å²) in [6, 6.07) is 3.92. The molecule has 1 N–H and O–H groups in total. The van der Waals surface area contributed by atoms with E-state index in [0.29, 0.717) is 12.4 Å². The van der Waals surface area contributed by atoms with Crippen molar-refractivity contribution in [2.24, 2.45) is 5.41 Å². The molecule has 0 aliphatic carbocycles. The quantitative estimate of drug-likeness (QED) is 0.465. The van der Waals surface area contributed by atoms with E-state index < -0.39 is 10.8 Å². The number of alkyl halides is 1. The van der Waals surface area contributed by atoms with Crippen LogP contribution < -0.4 is 5.32 Å². The lowest BCUT2D eigenvalue weighted by atomic mass is 9.84. The van der Waals surface area contributed by atoms with Crippen LogP contribution in [0.25, 0.3) is 0 Å². The van der Waals surface area contributed by atoms with Crippen LogP contribution in [0.1, 0.15) is 37.0 Å². The van der Waals surface area contributed by atoms with E-state index in [1.165, 1.54) is 18.2 Å². The molecular formula is C14H18Cl2N2O3. The fraction of sp³-hybridized carbons (Fsp3) is 0.500. The topological polar surface area (TPSA) is 72.2 Å². The molecule has 0 spiro atoms. The lowest BCUT2D eigenvalue weighted by Crippen LogP contribution is -2.38. The van der Waals surface area contributed by atoms with Gasteiger partial charge in [0.25, 0.3) is 11.6 Å². The van der Waals surface area contributed by atoms with E-state index >= 15 is 0 Å². The maximum absolute atomic E-state index is 12.2. The van der Waals surface area contributed by atoms with Crippen molar-refractivity contribution < 1.29 is 9.72 Å². The molecule has 7 heteroatoms. The average molecular weight is 333 g/mol. The zero-order valence-corrected chi connectivity index (χ0v) is 13.5. The molecule has 0 heterocycles. The summed E-state index contributed by atoms with van der Waals surface area (Å²) in [6.07, 6.45) is 1.62. The van der Waals surface area contributed by atoms with Crippen LogP contribution in [0.4, 0.5) is 5.69 Å². The van der Waals surface area contributed by atoms with Gasteiger partial charge in [-0.15, -0.1) is 11.6 Å². The first kappa shape index (κ1) is 17.7. The van der Waals surface area contributed by atoms with Crippen molar-refractivity contribution in [3.05, 3.63) is 38.9 Å². The summed E-state index contributed by atoms with van der Waals surface area (Å²) in [6.45, 7) is 4.37. The predicted octanol–water partition coefficient (Wildman–Crippen LogP) is 4.02. The molecule has 0 radical (unpaired) electrons. The number of benzene rings is 1. The molecule has 1 amide bonds. The van der Waals surface area contributed by atoms with E-state index in [4.69, 9.17) is 23.2 Å². The average Bonchev–Trinajstić information content (AvgIpc) is 2.48. The molecule has 1 aromatic rings. The second-order valence-corrected chi connectivity index (χ2v) is 5.65. The van der Waals surface area contributed by atoms with Gasteiger partial charge in [-0.1, -0.05) is 25.4 Å². The number of halogens is 2. The molecule has 0 aromatic heterocycles. The summed E-state index contributed by atoms with van der Waals surface area (Å²) in [4.78, 5) is 22.6. The van der Waals surface area contributed by atoms with Crippen LogP contribution in [0.2, 0.25) is 5.02 Å². The molecule has 0 fully saturated rings. The smallest absolute Gasteiger partial charge is 0.282 e. The van der Waals surface area contributed by atoms with Crippen LogP contribution in [-0.2, 0) is 0 Å². The van der Waals surface area contributed by atoms with Gasteiger partial charge in [-0.2, -0.15) is 0 Å². The van der Waals surface area contributed by atoms with Crippen LogP contribution >= 0.6 is 23.2 Å². The van der Waals surface area contributed by atoms with Crippen molar-refractivity contribution in [1.29, 1.82) is 0 Å². The van der Waals surface area contributed by atoms with Crippen LogP contribution in [0, 0.1) is 15.5 Å². The van der Waals surface area contributed by atoms with E-state index in [1.54, 1.807) is 0 Å². The van der Waals surface area contributed by atoms with Crippen LogP contribution in [0.15, 0.2) is 18.2 Å². The molecule has 0 aliphatic heterocycles. The van der Waals surface area contributed by atoms with E-state index in [-0.39, 0.29) is 21.7 Å². The Morgan fingerprint density at radius 3 is 2.48 bits per heavy atom. The first-order valence-electron chi connectivity index (χ1n) is 6.67. The maximum Gasteiger partial charge on any atom is 0.282 e. The Balaban J connectivity index is 2.95. The van der Waals surface area contributed by atoms with Crippen LogP contribution in [0.3, 0.4) is 0 Å². The van der Waals surface area contributed by atoms with E-state index in [0.717, 1.165) is 12.8 Å². The Hall–Kier alpha value is -1.33. The Morgan fingerprint density at radius 1 is 1.38 bits per heavy atom. The number of hydrogen-bond donors (Lipinski definition) is 1. The molecule has 116 valence electrons. The van der Waals surface area contributed by atoms with Gasteiger partial charge in [-0.25, -0.2) is 0 Å². The van der Waals surface area contributed by atoms with E-state index in [1.807, 2.05) is 13.8 Å². The largest absolute Gasteiger partial charge is 0.351 e. The molecule has 0 saturated heterocycles. The lowest BCUT2D eigenvalue weighted by Gasteiger charge is -2.29. The van der Waals surface area contributed by atoms with Gasteiger partial charge in [0.1, 0.15) is 5.56 Å². The molecule has 5 nitrogen and oxygen atoms in total. The third-order valence-corrected chi connectivity index (χ3v) is 4.61. The molecular weight excluding hydrogens is 315 g/mol. The Morgan fingerprint density at radius 2 is 2.00 bits per heavy atom. The van der Waals surface area contributed by atoms with Crippen molar-refractivity contribution in [2.75, 3.05) is 12.4 Å². The molecule has 0 unspecified atom stereocenters. The van der Waals surface area contributed by atoms with Gasteiger partial charge in [0, 0.05) is 28.9 Å². The zero-order valence-electron chi connectivity index (χ0n) is 12.0. The van der Waals surface area contributed by atoms with Crippen molar-refractivity contribution in [3.8, 4) is 0 Å². The predicted molar refractivity (Wildman–Crippen MR) is 84.2 cm³/mol.